The lowest BCUT2D eigenvalue weighted by Gasteiger charge is -2.35. The predicted octanol–water partition coefficient (Wildman–Crippen LogP) is 1.92. The van der Waals surface area contributed by atoms with Gasteiger partial charge in [-0.1, -0.05) is 13.8 Å². The number of likely N-dealkylation sites (tertiary alicyclic amines) is 1. The van der Waals surface area contributed by atoms with Gasteiger partial charge in [0.05, 0.1) is 13.0 Å². The summed E-state index contributed by atoms with van der Waals surface area (Å²) in [4.78, 5) is 13.6. The Kier molecular flexibility index (Phi) is 5.09. The van der Waals surface area contributed by atoms with Gasteiger partial charge in [-0.3, -0.25) is 4.79 Å². The molecule has 0 N–H and O–H groups in total. The Morgan fingerprint density at radius 1 is 1.40 bits per heavy atom. The van der Waals surface area contributed by atoms with Crippen LogP contribution in [0.2, 0.25) is 0 Å². The van der Waals surface area contributed by atoms with E-state index in [0.29, 0.717) is 13.0 Å². The largest absolute Gasteiger partial charge is 0.466 e. The molecule has 1 rings (SSSR count). The molecule has 88 valence electrons. The van der Waals surface area contributed by atoms with Crippen molar-refractivity contribution in [2.75, 3.05) is 26.2 Å². The van der Waals surface area contributed by atoms with E-state index in [1.807, 2.05) is 6.92 Å². The number of ether oxygens (including phenoxy) is 1. The van der Waals surface area contributed by atoms with Gasteiger partial charge in [-0.25, -0.2) is 0 Å². The molecule has 1 fully saturated rings. The minimum Gasteiger partial charge on any atom is -0.466 e. The maximum absolute atomic E-state index is 11.2. The summed E-state index contributed by atoms with van der Waals surface area (Å²) < 4.78 is 4.92. The molecule has 0 amide bonds. The van der Waals surface area contributed by atoms with Crippen LogP contribution in [0, 0.1) is 11.8 Å². The van der Waals surface area contributed by atoms with Crippen molar-refractivity contribution in [3.05, 3.63) is 0 Å². The monoisotopic (exact) mass is 213 g/mol. The molecule has 1 aliphatic rings. The van der Waals surface area contributed by atoms with E-state index in [9.17, 15) is 4.79 Å². The summed E-state index contributed by atoms with van der Waals surface area (Å²) in [7, 11) is 0. The third kappa shape index (κ3) is 4.20. The first-order chi connectivity index (χ1) is 7.13. The van der Waals surface area contributed by atoms with Gasteiger partial charge in [-0.2, -0.15) is 0 Å². The molecule has 0 aliphatic carbocycles. The van der Waals surface area contributed by atoms with Crippen LogP contribution in [0.1, 0.15) is 33.6 Å². The molecule has 0 aromatic carbocycles. The van der Waals surface area contributed by atoms with Crippen molar-refractivity contribution in [1.82, 2.24) is 4.90 Å². The minimum atomic E-state index is -0.0659. The molecule has 0 radical (unpaired) electrons. The first-order valence-corrected chi connectivity index (χ1v) is 6.01. The Morgan fingerprint density at radius 2 is 2.13 bits per heavy atom. The van der Waals surface area contributed by atoms with Crippen LogP contribution in [0.5, 0.6) is 0 Å². The number of carbonyl (C=O) groups is 1. The van der Waals surface area contributed by atoms with E-state index >= 15 is 0 Å². The number of rotatable bonds is 4. The molecule has 0 bridgehead atoms. The first kappa shape index (κ1) is 12.5. The maximum Gasteiger partial charge on any atom is 0.307 e. The second kappa shape index (κ2) is 6.11. The Balaban J connectivity index is 2.19. The normalized spacial score (nSPS) is 27.7. The first-order valence-electron chi connectivity index (χ1n) is 6.01. The highest BCUT2D eigenvalue weighted by molar-refractivity contribution is 5.69. The highest BCUT2D eigenvalue weighted by Crippen LogP contribution is 2.22. The van der Waals surface area contributed by atoms with Gasteiger partial charge in [0, 0.05) is 13.1 Å². The number of esters is 1. The lowest BCUT2D eigenvalue weighted by molar-refractivity contribution is -0.143. The maximum atomic E-state index is 11.2. The van der Waals surface area contributed by atoms with Crippen LogP contribution >= 0.6 is 0 Å². The van der Waals surface area contributed by atoms with E-state index in [1.165, 1.54) is 6.42 Å². The van der Waals surface area contributed by atoms with Crippen molar-refractivity contribution in [2.45, 2.75) is 33.6 Å². The molecular weight excluding hydrogens is 190 g/mol. The fourth-order valence-electron chi connectivity index (χ4n) is 2.03. The number of hydrogen-bond acceptors (Lipinski definition) is 3. The summed E-state index contributed by atoms with van der Waals surface area (Å²) in [6.45, 7) is 10.1. The second-order valence-electron chi connectivity index (χ2n) is 4.60. The van der Waals surface area contributed by atoms with Crippen LogP contribution in [-0.2, 0) is 9.53 Å². The smallest absolute Gasteiger partial charge is 0.307 e. The van der Waals surface area contributed by atoms with E-state index < -0.39 is 0 Å². The van der Waals surface area contributed by atoms with Gasteiger partial charge in [0.1, 0.15) is 0 Å². The summed E-state index contributed by atoms with van der Waals surface area (Å²) >= 11 is 0. The highest BCUT2D eigenvalue weighted by atomic mass is 16.5. The second-order valence-corrected chi connectivity index (χ2v) is 4.60. The Morgan fingerprint density at radius 3 is 2.73 bits per heavy atom. The number of carbonyl (C=O) groups excluding carboxylic acids is 1. The van der Waals surface area contributed by atoms with Crippen LogP contribution in [0.3, 0.4) is 0 Å². The molecule has 0 saturated carbocycles. The summed E-state index contributed by atoms with van der Waals surface area (Å²) in [6, 6.07) is 0. The molecular formula is C12H23NO2. The van der Waals surface area contributed by atoms with Crippen molar-refractivity contribution < 1.29 is 9.53 Å². The van der Waals surface area contributed by atoms with Gasteiger partial charge < -0.3 is 9.64 Å². The molecule has 1 aliphatic heterocycles. The molecule has 0 spiro atoms. The summed E-state index contributed by atoms with van der Waals surface area (Å²) in [5.74, 6) is 1.51. The SMILES string of the molecule is CCOC(=O)CCN1CCC(C)C(C)C1. The quantitative estimate of drug-likeness (QED) is 0.668. The van der Waals surface area contributed by atoms with Gasteiger partial charge in [0.25, 0.3) is 0 Å². The van der Waals surface area contributed by atoms with E-state index in [-0.39, 0.29) is 5.97 Å². The van der Waals surface area contributed by atoms with E-state index in [2.05, 4.69) is 18.7 Å². The fraction of sp³-hybridized carbons (Fsp3) is 0.917. The molecule has 15 heavy (non-hydrogen) atoms. The molecule has 2 atom stereocenters. The van der Waals surface area contributed by atoms with Gasteiger partial charge in [-0.05, 0) is 31.7 Å². The lowest BCUT2D eigenvalue weighted by atomic mass is 9.89. The van der Waals surface area contributed by atoms with Gasteiger partial charge in [-0.15, -0.1) is 0 Å². The van der Waals surface area contributed by atoms with E-state index in [1.54, 1.807) is 0 Å². The number of piperidine rings is 1. The van der Waals surface area contributed by atoms with Crippen LogP contribution in [-0.4, -0.2) is 37.1 Å². The van der Waals surface area contributed by atoms with E-state index in [0.717, 1.165) is 31.5 Å². The summed E-state index contributed by atoms with van der Waals surface area (Å²) in [5, 5.41) is 0. The van der Waals surface area contributed by atoms with Crippen LogP contribution in [0.25, 0.3) is 0 Å². The van der Waals surface area contributed by atoms with Crippen LogP contribution in [0.4, 0.5) is 0 Å². The fourth-order valence-corrected chi connectivity index (χ4v) is 2.03. The van der Waals surface area contributed by atoms with Crippen molar-refractivity contribution in [3.8, 4) is 0 Å². The molecule has 1 saturated heterocycles. The van der Waals surface area contributed by atoms with Crippen molar-refractivity contribution >= 4 is 5.97 Å². The number of hydrogen-bond donors (Lipinski definition) is 0. The molecule has 3 nitrogen and oxygen atoms in total. The summed E-state index contributed by atoms with van der Waals surface area (Å²) in [6.07, 6.45) is 1.79. The van der Waals surface area contributed by atoms with Crippen molar-refractivity contribution in [1.29, 1.82) is 0 Å². The van der Waals surface area contributed by atoms with Crippen LogP contribution in [0.15, 0.2) is 0 Å². The zero-order valence-electron chi connectivity index (χ0n) is 10.2. The topological polar surface area (TPSA) is 29.5 Å². The standard InChI is InChI=1S/C12H23NO2/c1-4-15-12(14)6-8-13-7-5-10(2)11(3)9-13/h10-11H,4-9H2,1-3H3. The van der Waals surface area contributed by atoms with Crippen molar-refractivity contribution in [2.24, 2.45) is 11.8 Å². The average Bonchev–Trinajstić information content (AvgIpc) is 2.20. The van der Waals surface area contributed by atoms with Crippen molar-refractivity contribution in [3.63, 3.8) is 0 Å². The van der Waals surface area contributed by atoms with Gasteiger partial charge >= 0.3 is 5.97 Å². The average molecular weight is 213 g/mol. The molecule has 1 heterocycles. The molecule has 0 aromatic heterocycles. The Hall–Kier alpha value is -0.570. The summed E-state index contributed by atoms with van der Waals surface area (Å²) in [5.41, 5.74) is 0. The third-order valence-electron chi connectivity index (χ3n) is 3.36. The lowest BCUT2D eigenvalue weighted by Crippen LogP contribution is -2.39. The zero-order valence-corrected chi connectivity index (χ0v) is 10.2. The highest BCUT2D eigenvalue weighted by Gasteiger charge is 2.22. The third-order valence-corrected chi connectivity index (χ3v) is 3.36. The van der Waals surface area contributed by atoms with Gasteiger partial charge in [0.15, 0.2) is 0 Å². The molecule has 2 unspecified atom stereocenters. The molecule has 3 heteroatoms. The van der Waals surface area contributed by atoms with Crippen LogP contribution < -0.4 is 0 Å². The minimum absolute atomic E-state index is 0.0659. The predicted molar refractivity (Wildman–Crippen MR) is 60.6 cm³/mol. The Bertz CT molecular complexity index is 206. The zero-order chi connectivity index (χ0) is 11.3. The molecule has 0 aromatic rings. The Labute approximate surface area is 92.8 Å². The van der Waals surface area contributed by atoms with Gasteiger partial charge in [0.2, 0.25) is 0 Å². The van der Waals surface area contributed by atoms with E-state index in [4.69, 9.17) is 4.74 Å². The number of nitrogens with zero attached hydrogens (tertiary/aromatic N) is 1.